The Morgan fingerprint density at radius 2 is 1.78 bits per heavy atom. The predicted molar refractivity (Wildman–Crippen MR) is 78.4 cm³/mol. The van der Waals surface area contributed by atoms with Crippen LogP contribution >= 0.6 is 0 Å². The average molecular weight is 255 g/mol. The second-order valence-corrected chi connectivity index (χ2v) is 4.90. The summed E-state index contributed by atoms with van der Waals surface area (Å²) in [6, 6.07) is 0. The molecular formula is C15H31N2O+. The molecule has 0 bridgehead atoms. The highest BCUT2D eigenvalue weighted by atomic mass is 16.1. The number of carbonyl (C=O) groups is 1. The van der Waals surface area contributed by atoms with E-state index in [4.69, 9.17) is 0 Å². The quantitative estimate of drug-likeness (QED) is 0.343. The van der Waals surface area contributed by atoms with Gasteiger partial charge in [-0.05, 0) is 40.0 Å². The fraction of sp³-hybridized carbons (Fsp3) is 0.800. The third kappa shape index (κ3) is 6.80. The minimum Gasteiger partial charge on any atom is -0.350 e. The first-order valence-electron chi connectivity index (χ1n) is 7.36. The molecule has 3 heteroatoms. The van der Waals surface area contributed by atoms with Gasteiger partial charge in [0, 0.05) is 6.42 Å². The van der Waals surface area contributed by atoms with Gasteiger partial charge < -0.3 is 9.80 Å². The van der Waals surface area contributed by atoms with Gasteiger partial charge in [-0.3, -0.25) is 4.79 Å². The molecule has 0 unspecified atom stereocenters. The van der Waals surface area contributed by atoms with Gasteiger partial charge in [0.05, 0.1) is 32.7 Å². The first-order valence-corrected chi connectivity index (χ1v) is 7.36. The SMILES string of the molecule is C=CCCCCC(=O)NCC[N+](CC)(CC)CC. The molecule has 0 aliphatic rings. The third-order valence-electron chi connectivity index (χ3n) is 3.98. The number of rotatable bonds is 11. The summed E-state index contributed by atoms with van der Waals surface area (Å²) >= 11 is 0. The molecule has 0 aromatic rings. The lowest BCUT2D eigenvalue weighted by atomic mass is 10.2. The van der Waals surface area contributed by atoms with Crippen molar-refractivity contribution in [3.05, 3.63) is 12.7 Å². The number of hydrogen-bond donors (Lipinski definition) is 1. The molecule has 0 spiro atoms. The molecule has 0 rings (SSSR count). The molecule has 0 saturated carbocycles. The van der Waals surface area contributed by atoms with Crippen LogP contribution in [0.25, 0.3) is 0 Å². The molecule has 3 nitrogen and oxygen atoms in total. The lowest BCUT2D eigenvalue weighted by molar-refractivity contribution is -0.922. The second kappa shape index (κ2) is 10.1. The van der Waals surface area contributed by atoms with Gasteiger partial charge in [-0.25, -0.2) is 0 Å². The molecular weight excluding hydrogens is 224 g/mol. The van der Waals surface area contributed by atoms with E-state index >= 15 is 0 Å². The molecule has 1 N–H and O–H groups in total. The Morgan fingerprint density at radius 3 is 2.28 bits per heavy atom. The summed E-state index contributed by atoms with van der Waals surface area (Å²) < 4.78 is 1.09. The van der Waals surface area contributed by atoms with Crippen molar-refractivity contribution in [2.45, 2.75) is 46.5 Å². The largest absolute Gasteiger partial charge is 0.350 e. The summed E-state index contributed by atoms with van der Waals surface area (Å²) in [5.41, 5.74) is 0. The smallest absolute Gasteiger partial charge is 0.220 e. The highest BCUT2D eigenvalue weighted by Crippen LogP contribution is 2.04. The maximum atomic E-state index is 11.6. The Hall–Kier alpha value is -0.830. The molecule has 1 amide bonds. The maximum absolute atomic E-state index is 11.6. The zero-order valence-corrected chi connectivity index (χ0v) is 12.5. The summed E-state index contributed by atoms with van der Waals surface area (Å²) in [5, 5.41) is 3.04. The van der Waals surface area contributed by atoms with E-state index in [-0.39, 0.29) is 5.91 Å². The van der Waals surface area contributed by atoms with Crippen molar-refractivity contribution in [3.8, 4) is 0 Å². The summed E-state index contributed by atoms with van der Waals surface area (Å²) in [6.07, 6.45) is 5.60. The van der Waals surface area contributed by atoms with Crippen LogP contribution in [0.2, 0.25) is 0 Å². The maximum Gasteiger partial charge on any atom is 0.220 e. The van der Waals surface area contributed by atoms with Crippen LogP contribution in [-0.2, 0) is 4.79 Å². The fourth-order valence-electron chi connectivity index (χ4n) is 2.24. The van der Waals surface area contributed by atoms with Crippen molar-refractivity contribution >= 4 is 5.91 Å². The monoisotopic (exact) mass is 255 g/mol. The number of allylic oxidation sites excluding steroid dienone is 1. The van der Waals surface area contributed by atoms with E-state index in [2.05, 4.69) is 32.7 Å². The molecule has 0 aromatic carbocycles. The van der Waals surface area contributed by atoms with Crippen molar-refractivity contribution in [2.75, 3.05) is 32.7 Å². The standard InChI is InChI=1S/C15H30N2O/c1-5-9-10-11-12-15(18)16-13-14-17(6-2,7-3)8-4/h5H,1,6-14H2,2-4H3/p+1. The van der Waals surface area contributed by atoms with E-state index in [9.17, 15) is 4.79 Å². The summed E-state index contributed by atoms with van der Waals surface area (Å²) in [5.74, 6) is 0.195. The van der Waals surface area contributed by atoms with E-state index in [1.807, 2.05) is 6.08 Å². The lowest BCUT2D eigenvalue weighted by Gasteiger charge is -2.35. The third-order valence-corrected chi connectivity index (χ3v) is 3.98. The number of quaternary nitrogens is 1. The zero-order valence-electron chi connectivity index (χ0n) is 12.5. The summed E-state index contributed by atoms with van der Waals surface area (Å²) in [6.45, 7) is 15.6. The topological polar surface area (TPSA) is 29.1 Å². The fourth-order valence-corrected chi connectivity index (χ4v) is 2.24. The van der Waals surface area contributed by atoms with Gasteiger partial charge in [0.25, 0.3) is 0 Å². The number of nitrogens with one attached hydrogen (secondary N) is 1. The van der Waals surface area contributed by atoms with E-state index in [0.717, 1.165) is 56.5 Å². The Balaban J connectivity index is 3.75. The lowest BCUT2D eigenvalue weighted by Crippen LogP contribution is -2.51. The van der Waals surface area contributed by atoms with Gasteiger partial charge in [-0.15, -0.1) is 6.58 Å². The Bertz CT molecular complexity index is 226. The first kappa shape index (κ1) is 17.2. The van der Waals surface area contributed by atoms with Crippen molar-refractivity contribution in [1.82, 2.24) is 5.32 Å². The van der Waals surface area contributed by atoms with Crippen LogP contribution in [-0.4, -0.2) is 43.1 Å². The van der Waals surface area contributed by atoms with Crippen LogP contribution in [0.15, 0.2) is 12.7 Å². The normalized spacial score (nSPS) is 11.3. The average Bonchev–Trinajstić information content (AvgIpc) is 2.40. The molecule has 0 saturated heterocycles. The number of carbonyl (C=O) groups excluding carboxylic acids is 1. The van der Waals surface area contributed by atoms with E-state index < -0.39 is 0 Å². The van der Waals surface area contributed by atoms with E-state index in [0.29, 0.717) is 6.42 Å². The zero-order chi connectivity index (χ0) is 13.9. The highest BCUT2D eigenvalue weighted by molar-refractivity contribution is 5.75. The van der Waals surface area contributed by atoms with Crippen LogP contribution in [0.4, 0.5) is 0 Å². The number of nitrogens with zero attached hydrogens (tertiary/aromatic N) is 1. The molecule has 106 valence electrons. The van der Waals surface area contributed by atoms with Gasteiger partial charge >= 0.3 is 0 Å². The molecule has 0 aliphatic carbocycles. The number of amides is 1. The van der Waals surface area contributed by atoms with Gasteiger partial charge in [-0.1, -0.05) is 6.08 Å². The van der Waals surface area contributed by atoms with Gasteiger partial charge in [0.2, 0.25) is 5.91 Å². The van der Waals surface area contributed by atoms with Crippen LogP contribution in [0.5, 0.6) is 0 Å². The molecule has 0 aliphatic heterocycles. The number of likely N-dealkylation sites (N-methyl/N-ethyl adjacent to an activating group) is 1. The van der Waals surface area contributed by atoms with Gasteiger partial charge in [-0.2, -0.15) is 0 Å². The first-order chi connectivity index (χ1) is 8.64. The predicted octanol–water partition coefficient (Wildman–Crippen LogP) is 2.73. The number of hydrogen-bond acceptors (Lipinski definition) is 1. The van der Waals surface area contributed by atoms with Crippen LogP contribution < -0.4 is 5.32 Å². The van der Waals surface area contributed by atoms with Crippen molar-refractivity contribution in [3.63, 3.8) is 0 Å². The van der Waals surface area contributed by atoms with Crippen molar-refractivity contribution in [1.29, 1.82) is 0 Å². The molecule has 18 heavy (non-hydrogen) atoms. The summed E-state index contributed by atoms with van der Waals surface area (Å²) in [7, 11) is 0. The molecule has 0 atom stereocenters. The van der Waals surface area contributed by atoms with Crippen LogP contribution in [0.3, 0.4) is 0 Å². The molecule has 0 heterocycles. The minimum atomic E-state index is 0.195. The van der Waals surface area contributed by atoms with Crippen LogP contribution in [0, 0.1) is 0 Å². The highest BCUT2D eigenvalue weighted by Gasteiger charge is 2.19. The van der Waals surface area contributed by atoms with Crippen molar-refractivity contribution < 1.29 is 9.28 Å². The Morgan fingerprint density at radius 1 is 1.17 bits per heavy atom. The minimum absolute atomic E-state index is 0.195. The number of unbranched alkanes of at least 4 members (excludes halogenated alkanes) is 2. The Labute approximate surface area is 113 Å². The van der Waals surface area contributed by atoms with Crippen molar-refractivity contribution in [2.24, 2.45) is 0 Å². The Kier molecular flexibility index (Phi) is 9.66. The molecule has 0 aromatic heterocycles. The van der Waals surface area contributed by atoms with Crippen LogP contribution in [0.1, 0.15) is 46.5 Å². The van der Waals surface area contributed by atoms with E-state index in [1.54, 1.807) is 0 Å². The van der Waals surface area contributed by atoms with Gasteiger partial charge in [0.15, 0.2) is 0 Å². The van der Waals surface area contributed by atoms with Gasteiger partial charge in [0.1, 0.15) is 0 Å². The summed E-state index contributed by atoms with van der Waals surface area (Å²) in [4.78, 5) is 11.6. The van der Waals surface area contributed by atoms with E-state index in [1.165, 1.54) is 0 Å². The molecule has 0 fully saturated rings. The molecule has 0 radical (unpaired) electrons. The second-order valence-electron chi connectivity index (χ2n) is 4.90.